The third-order valence-corrected chi connectivity index (χ3v) is 3.97. The number of esters is 1. The summed E-state index contributed by atoms with van der Waals surface area (Å²) in [5, 5.41) is 0. The van der Waals surface area contributed by atoms with E-state index in [2.05, 4.69) is 6.58 Å². The molecule has 0 heterocycles. The maximum Gasteiger partial charge on any atom is 0.338 e. The van der Waals surface area contributed by atoms with Crippen LogP contribution in [0.4, 0.5) is 0 Å². The number of hydrogen-bond donors (Lipinski definition) is 0. The molecule has 1 aliphatic carbocycles. The fourth-order valence-electron chi connectivity index (χ4n) is 2.79. The van der Waals surface area contributed by atoms with Crippen molar-refractivity contribution in [1.29, 1.82) is 0 Å². The fourth-order valence-corrected chi connectivity index (χ4v) is 2.79. The third-order valence-electron chi connectivity index (χ3n) is 3.97. The molecule has 0 unspecified atom stereocenters. The van der Waals surface area contributed by atoms with Crippen molar-refractivity contribution >= 4 is 17.5 Å². The molecule has 0 N–H and O–H groups in total. The number of rotatable bonds is 6. The van der Waals surface area contributed by atoms with Crippen molar-refractivity contribution < 1.29 is 28.6 Å². The number of carbonyl (C=O) groups excluding carboxylic acids is 3. The van der Waals surface area contributed by atoms with Crippen molar-refractivity contribution in [3.63, 3.8) is 0 Å². The van der Waals surface area contributed by atoms with Gasteiger partial charge in [0.1, 0.15) is 11.5 Å². The molecular formula is C22H24O6. The molecule has 0 fully saturated rings. The van der Waals surface area contributed by atoms with Crippen molar-refractivity contribution in [3.8, 4) is 5.75 Å². The summed E-state index contributed by atoms with van der Waals surface area (Å²) in [6, 6.07) is 2.79. The number of ketones is 2. The zero-order valence-corrected chi connectivity index (χ0v) is 16.4. The van der Waals surface area contributed by atoms with E-state index in [9.17, 15) is 14.4 Å². The number of hydrogen-bond acceptors (Lipinski definition) is 6. The second-order valence-electron chi connectivity index (χ2n) is 5.93. The summed E-state index contributed by atoms with van der Waals surface area (Å²) in [4.78, 5) is 38.2. The lowest BCUT2D eigenvalue weighted by molar-refractivity contribution is 0.0525. The van der Waals surface area contributed by atoms with Gasteiger partial charge in [-0.2, -0.15) is 0 Å². The molecule has 148 valence electrons. The van der Waals surface area contributed by atoms with Crippen LogP contribution in [-0.2, 0) is 9.47 Å². The van der Waals surface area contributed by atoms with Gasteiger partial charge >= 0.3 is 5.97 Å². The van der Waals surface area contributed by atoms with Crippen molar-refractivity contribution in [1.82, 2.24) is 0 Å². The largest absolute Gasteiger partial charge is 0.498 e. The highest BCUT2D eigenvalue weighted by Crippen LogP contribution is 2.30. The first-order chi connectivity index (χ1) is 13.4. The average Bonchev–Trinajstić information content (AvgIpc) is 2.66. The van der Waals surface area contributed by atoms with Gasteiger partial charge in [0.15, 0.2) is 11.6 Å². The SMILES string of the molecule is C=C1/C=C\C=C(\OCC)CC(=O)c2c(OCC)cc(C(=O)OCC)cc2C1=O. The van der Waals surface area contributed by atoms with E-state index < -0.39 is 11.8 Å². The number of benzene rings is 1. The van der Waals surface area contributed by atoms with Gasteiger partial charge in [-0.05, 0) is 39.0 Å². The quantitative estimate of drug-likeness (QED) is 0.543. The molecular weight excluding hydrogens is 360 g/mol. The fraction of sp³-hybridized carbons (Fsp3) is 0.318. The minimum atomic E-state index is -0.598. The molecule has 0 bridgehead atoms. The van der Waals surface area contributed by atoms with Crippen LogP contribution < -0.4 is 4.74 Å². The maximum absolute atomic E-state index is 13.0. The van der Waals surface area contributed by atoms with Gasteiger partial charge in [0.05, 0.1) is 37.4 Å². The Kier molecular flexibility index (Phi) is 7.32. The topological polar surface area (TPSA) is 78.9 Å². The Bertz CT molecular complexity index is 860. The van der Waals surface area contributed by atoms with Crippen LogP contribution in [0.25, 0.3) is 0 Å². The van der Waals surface area contributed by atoms with E-state index >= 15 is 0 Å². The van der Waals surface area contributed by atoms with E-state index in [-0.39, 0.29) is 53.4 Å². The van der Waals surface area contributed by atoms with Crippen LogP contribution in [0.1, 0.15) is 58.3 Å². The zero-order valence-electron chi connectivity index (χ0n) is 16.4. The summed E-state index contributed by atoms with van der Waals surface area (Å²) >= 11 is 0. The van der Waals surface area contributed by atoms with Gasteiger partial charge in [-0.3, -0.25) is 9.59 Å². The molecule has 6 heteroatoms. The van der Waals surface area contributed by atoms with Crippen molar-refractivity contribution in [2.45, 2.75) is 27.2 Å². The number of Topliss-reactive ketones (excluding diaryl/α,β-unsaturated/α-hetero) is 2. The van der Waals surface area contributed by atoms with Gasteiger partial charge < -0.3 is 14.2 Å². The van der Waals surface area contributed by atoms with Gasteiger partial charge in [0.25, 0.3) is 0 Å². The predicted molar refractivity (Wildman–Crippen MR) is 105 cm³/mol. The van der Waals surface area contributed by atoms with Gasteiger partial charge in [0, 0.05) is 11.1 Å². The second-order valence-corrected chi connectivity index (χ2v) is 5.93. The molecule has 6 nitrogen and oxygen atoms in total. The third kappa shape index (κ3) is 4.76. The van der Waals surface area contributed by atoms with Crippen LogP contribution in [0, 0.1) is 0 Å². The lowest BCUT2D eigenvalue weighted by Gasteiger charge is -2.17. The van der Waals surface area contributed by atoms with Crippen LogP contribution in [0.3, 0.4) is 0 Å². The Morgan fingerprint density at radius 2 is 1.79 bits per heavy atom. The summed E-state index contributed by atoms with van der Waals surface area (Å²) in [5.74, 6) is -0.770. The van der Waals surface area contributed by atoms with E-state index in [0.717, 1.165) is 0 Å². The van der Waals surface area contributed by atoms with Gasteiger partial charge in [-0.15, -0.1) is 0 Å². The molecule has 2 rings (SSSR count). The molecule has 28 heavy (non-hydrogen) atoms. The zero-order chi connectivity index (χ0) is 20.7. The van der Waals surface area contributed by atoms with Crippen LogP contribution >= 0.6 is 0 Å². The van der Waals surface area contributed by atoms with Crippen LogP contribution in [-0.4, -0.2) is 37.4 Å². The molecule has 1 aromatic carbocycles. The first-order valence-corrected chi connectivity index (χ1v) is 9.17. The standard InChI is InChI=1S/C22H24O6/c1-5-26-16-10-8-9-14(4)21(24)17-11-15(22(25)28-7-3)12-19(27-6-2)20(17)18(23)13-16/h8-12H,4-7,13H2,1-3H3/b9-8-,16-10+. The Morgan fingerprint density at radius 1 is 1.07 bits per heavy atom. The van der Waals surface area contributed by atoms with Crippen LogP contribution in [0.15, 0.2) is 48.3 Å². The molecule has 0 amide bonds. The highest BCUT2D eigenvalue weighted by Gasteiger charge is 2.27. The molecule has 0 saturated carbocycles. The van der Waals surface area contributed by atoms with Gasteiger partial charge in [-0.25, -0.2) is 4.79 Å². The Hall–Kier alpha value is -3.15. The number of allylic oxidation sites excluding steroid dienone is 5. The molecule has 0 aliphatic heterocycles. The summed E-state index contributed by atoms with van der Waals surface area (Å²) in [6.45, 7) is 9.88. The first-order valence-electron chi connectivity index (χ1n) is 9.17. The highest BCUT2D eigenvalue weighted by atomic mass is 16.5. The minimum absolute atomic E-state index is 0.0379. The number of ether oxygens (including phenoxy) is 3. The Labute approximate surface area is 164 Å². The molecule has 1 aromatic rings. The molecule has 1 aliphatic rings. The number of carbonyl (C=O) groups is 3. The average molecular weight is 384 g/mol. The summed E-state index contributed by atoms with van der Waals surface area (Å²) in [7, 11) is 0. The number of fused-ring (bicyclic) bond motifs is 1. The van der Waals surface area contributed by atoms with E-state index in [1.807, 2.05) is 6.92 Å². The maximum atomic E-state index is 13.0. The Balaban J connectivity index is 2.70. The van der Waals surface area contributed by atoms with Gasteiger partial charge in [0.2, 0.25) is 0 Å². The van der Waals surface area contributed by atoms with Crippen LogP contribution in [0.5, 0.6) is 5.75 Å². The second kappa shape index (κ2) is 9.69. The normalized spacial score (nSPS) is 17.2. The summed E-state index contributed by atoms with van der Waals surface area (Å²) < 4.78 is 16.2. The Morgan fingerprint density at radius 3 is 2.43 bits per heavy atom. The van der Waals surface area contributed by atoms with E-state index in [1.165, 1.54) is 18.2 Å². The highest BCUT2D eigenvalue weighted by molar-refractivity contribution is 6.18. The van der Waals surface area contributed by atoms with E-state index in [4.69, 9.17) is 14.2 Å². The van der Waals surface area contributed by atoms with E-state index in [0.29, 0.717) is 12.4 Å². The predicted octanol–water partition coefficient (Wildman–Crippen LogP) is 4.06. The van der Waals surface area contributed by atoms with Crippen LogP contribution in [0.2, 0.25) is 0 Å². The summed E-state index contributed by atoms with van der Waals surface area (Å²) in [6.07, 6.45) is 4.75. The van der Waals surface area contributed by atoms with Crippen molar-refractivity contribution in [2.75, 3.05) is 19.8 Å². The molecule has 0 saturated heterocycles. The lowest BCUT2D eigenvalue weighted by atomic mass is 9.91. The van der Waals surface area contributed by atoms with Gasteiger partial charge in [-0.1, -0.05) is 18.7 Å². The smallest absolute Gasteiger partial charge is 0.338 e. The van der Waals surface area contributed by atoms with E-state index in [1.54, 1.807) is 26.0 Å². The molecule has 0 aromatic heterocycles. The van der Waals surface area contributed by atoms with Crippen molar-refractivity contribution in [3.05, 3.63) is 65.0 Å². The summed E-state index contributed by atoms with van der Waals surface area (Å²) in [5.41, 5.74) is 0.486. The lowest BCUT2D eigenvalue weighted by Crippen LogP contribution is -2.17. The minimum Gasteiger partial charge on any atom is -0.498 e. The molecule has 0 radical (unpaired) electrons. The van der Waals surface area contributed by atoms with Crippen molar-refractivity contribution in [2.24, 2.45) is 0 Å². The first kappa shape index (κ1) is 21.2. The monoisotopic (exact) mass is 384 g/mol. The molecule has 0 atom stereocenters. The molecule has 0 spiro atoms.